The average molecular weight is 417 g/mol. The number of ketones is 1. The second-order valence-corrected chi connectivity index (χ2v) is 7.02. The molecule has 0 saturated carbocycles. The molecule has 1 heterocycles. The first-order valence-corrected chi connectivity index (χ1v) is 8.72. The summed E-state index contributed by atoms with van der Waals surface area (Å²) in [4.78, 5) is 38.6. The van der Waals surface area contributed by atoms with Gasteiger partial charge in [-0.2, -0.15) is 0 Å². The lowest BCUT2D eigenvalue weighted by Gasteiger charge is -2.22. The third kappa shape index (κ3) is 3.22. The fraction of sp³-hybridized carbons (Fsp3) is 0.211. The molecule has 2 aromatic rings. The summed E-state index contributed by atoms with van der Waals surface area (Å²) in [6.45, 7) is 1.31. The van der Waals surface area contributed by atoms with E-state index in [2.05, 4.69) is 21.2 Å². The van der Waals surface area contributed by atoms with E-state index in [0.717, 1.165) is 9.37 Å². The Bertz CT molecular complexity index is 881. The molecule has 1 aliphatic heterocycles. The van der Waals surface area contributed by atoms with Crippen molar-refractivity contribution in [1.29, 1.82) is 0 Å². The molecule has 1 aliphatic rings. The first-order valence-electron chi connectivity index (χ1n) is 7.92. The summed E-state index contributed by atoms with van der Waals surface area (Å²) in [7, 11) is 1.53. The molecule has 0 aromatic heterocycles. The zero-order valence-corrected chi connectivity index (χ0v) is 15.9. The van der Waals surface area contributed by atoms with Crippen LogP contribution in [0.25, 0.3) is 0 Å². The molecule has 1 atom stereocenters. The Kier molecular flexibility index (Phi) is 4.82. The molecule has 1 fully saturated rings. The standard InChI is InChI=1S/C19H17BrN2O4/c1-19(13-4-3-5-14(20)10-13)17(24)22(18(25)21-19)11-16(23)12-6-8-15(26-2)9-7-12/h3-10H,11H2,1-2H3,(H,21,25)/t19-/m1/s1. The van der Waals surface area contributed by atoms with Crippen LogP contribution in [0.15, 0.2) is 53.0 Å². The topological polar surface area (TPSA) is 75.7 Å². The summed E-state index contributed by atoms with van der Waals surface area (Å²) in [6, 6.07) is 13.1. The number of imide groups is 1. The van der Waals surface area contributed by atoms with Crippen molar-refractivity contribution in [3.63, 3.8) is 0 Å². The predicted octanol–water partition coefficient (Wildman–Crippen LogP) is 3.11. The van der Waals surface area contributed by atoms with Crippen molar-refractivity contribution in [2.45, 2.75) is 12.5 Å². The lowest BCUT2D eigenvalue weighted by Crippen LogP contribution is -2.41. The lowest BCUT2D eigenvalue weighted by molar-refractivity contribution is -0.130. The maximum Gasteiger partial charge on any atom is 0.325 e. The van der Waals surface area contributed by atoms with Gasteiger partial charge in [-0.05, 0) is 48.9 Å². The molecule has 0 spiro atoms. The van der Waals surface area contributed by atoms with E-state index >= 15 is 0 Å². The van der Waals surface area contributed by atoms with Gasteiger partial charge in [0.1, 0.15) is 11.3 Å². The minimum absolute atomic E-state index is 0.319. The van der Waals surface area contributed by atoms with Crippen LogP contribution in [0.4, 0.5) is 4.79 Å². The highest BCUT2D eigenvalue weighted by molar-refractivity contribution is 9.10. The van der Waals surface area contributed by atoms with Gasteiger partial charge in [-0.15, -0.1) is 0 Å². The van der Waals surface area contributed by atoms with E-state index in [0.29, 0.717) is 16.9 Å². The van der Waals surface area contributed by atoms with Crippen molar-refractivity contribution in [3.8, 4) is 5.75 Å². The summed E-state index contributed by atoms with van der Waals surface area (Å²) >= 11 is 3.36. The third-order valence-corrected chi connectivity index (χ3v) is 4.88. The van der Waals surface area contributed by atoms with Crippen molar-refractivity contribution in [2.24, 2.45) is 0 Å². The van der Waals surface area contributed by atoms with Crippen molar-refractivity contribution >= 4 is 33.7 Å². The van der Waals surface area contributed by atoms with E-state index in [9.17, 15) is 14.4 Å². The van der Waals surface area contributed by atoms with Crippen LogP contribution >= 0.6 is 15.9 Å². The zero-order valence-electron chi connectivity index (χ0n) is 14.3. The van der Waals surface area contributed by atoms with Crippen LogP contribution < -0.4 is 10.1 Å². The first-order chi connectivity index (χ1) is 12.3. The fourth-order valence-corrected chi connectivity index (χ4v) is 3.25. The Morgan fingerprint density at radius 1 is 1.19 bits per heavy atom. The number of halogens is 1. The van der Waals surface area contributed by atoms with Gasteiger partial charge < -0.3 is 10.1 Å². The number of ether oxygens (including phenoxy) is 1. The second kappa shape index (κ2) is 6.92. The van der Waals surface area contributed by atoms with E-state index in [1.807, 2.05) is 6.07 Å². The number of hydrogen-bond donors (Lipinski definition) is 1. The van der Waals surface area contributed by atoms with Crippen LogP contribution in [0, 0.1) is 0 Å². The highest BCUT2D eigenvalue weighted by Gasteiger charge is 2.49. The molecule has 134 valence electrons. The molecule has 0 aliphatic carbocycles. The summed E-state index contributed by atoms with van der Waals surface area (Å²) in [5.74, 6) is -0.157. The van der Waals surface area contributed by atoms with Crippen LogP contribution in [0.1, 0.15) is 22.8 Å². The third-order valence-electron chi connectivity index (χ3n) is 4.39. The molecule has 1 saturated heterocycles. The largest absolute Gasteiger partial charge is 0.497 e. The van der Waals surface area contributed by atoms with E-state index < -0.39 is 17.5 Å². The predicted molar refractivity (Wildman–Crippen MR) is 99.1 cm³/mol. The number of carbonyl (C=O) groups is 3. The fourth-order valence-electron chi connectivity index (χ4n) is 2.85. The minimum atomic E-state index is -1.21. The van der Waals surface area contributed by atoms with Crippen LogP contribution in [0.2, 0.25) is 0 Å². The molecule has 1 N–H and O–H groups in total. The van der Waals surface area contributed by atoms with Crippen LogP contribution in [-0.2, 0) is 10.3 Å². The Morgan fingerprint density at radius 2 is 1.88 bits per heavy atom. The van der Waals surface area contributed by atoms with E-state index in [1.54, 1.807) is 49.4 Å². The summed E-state index contributed by atoms with van der Waals surface area (Å²) in [5.41, 5.74) is -0.159. The summed E-state index contributed by atoms with van der Waals surface area (Å²) < 4.78 is 5.86. The zero-order chi connectivity index (χ0) is 18.9. The van der Waals surface area contributed by atoms with Gasteiger partial charge in [0, 0.05) is 10.0 Å². The molecular weight excluding hydrogens is 400 g/mol. The molecule has 2 aromatic carbocycles. The van der Waals surface area contributed by atoms with Crippen LogP contribution in [0.5, 0.6) is 5.75 Å². The molecule has 3 rings (SSSR count). The summed E-state index contributed by atoms with van der Waals surface area (Å²) in [6.07, 6.45) is 0. The molecular formula is C19H17BrN2O4. The highest BCUT2D eigenvalue weighted by Crippen LogP contribution is 2.30. The number of Topliss-reactive ketones (excluding diaryl/α,β-unsaturated/α-hetero) is 1. The number of rotatable bonds is 5. The first kappa shape index (κ1) is 18.1. The van der Waals surface area contributed by atoms with Crippen molar-refractivity contribution in [1.82, 2.24) is 10.2 Å². The second-order valence-electron chi connectivity index (χ2n) is 6.11. The van der Waals surface area contributed by atoms with Crippen molar-refractivity contribution in [2.75, 3.05) is 13.7 Å². The molecule has 0 radical (unpaired) electrons. The molecule has 7 heteroatoms. The van der Waals surface area contributed by atoms with Crippen LogP contribution in [-0.4, -0.2) is 36.3 Å². The molecule has 0 bridgehead atoms. The Hall–Kier alpha value is -2.67. The number of nitrogens with one attached hydrogen (secondary N) is 1. The Morgan fingerprint density at radius 3 is 2.50 bits per heavy atom. The van der Waals surface area contributed by atoms with E-state index in [-0.39, 0.29) is 12.3 Å². The highest BCUT2D eigenvalue weighted by atomic mass is 79.9. The molecule has 26 heavy (non-hydrogen) atoms. The normalized spacial score (nSPS) is 19.4. The average Bonchev–Trinajstić information content (AvgIpc) is 2.86. The molecule has 0 unspecified atom stereocenters. The Balaban J connectivity index is 1.81. The van der Waals surface area contributed by atoms with Gasteiger partial charge in [0.25, 0.3) is 5.91 Å². The number of methoxy groups -OCH3 is 1. The van der Waals surface area contributed by atoms with Gasteiger partial charge in [0.15, 0.2) is 5.78 Å². The lowest BCUT2D eigenvalue weighted by atomic mass is 9.92. The van der Waals surface area contributed by atoms with Gasteiger partial charge in [0.05, 0.1) is 13.7 Å². The van der Waals surface area contributed by atoms with Crippen LogP contribution in [0.3, 0.4) is 0 Å². The quantitative estimate of drug-likeness (QED) is 0.599. The maximum atomic E-state index is 12.9. The SMILES string of the molecule is COc1ccc(C(=O)CN2C(=O)N[C@](C)(c3cccc(Br)c3)C2=O)cc1. The van der Waals surface area contributed by atoms with Crippen molar-refractivity contribution < 1.29 is 19.1 Å². The van der Waals surface area contributed by atoms with Gasteiger partial charge in [-0.1, -0.05) is 28.1 Å². The smallest absolute Gasteiger partial charge is 0.325 e. The number of carbonyl (C=O) groups excluding carboxylic acids is 3. The minimum Gasteiger partial charge on any atom is -0.497 e. The Labute approximate surface area is 159 Å². The molecule has 6 nitrogen and oxygen atoms in total. The van der Waals surface area contributed by atoms with E-state index in [1.165, 1.54) is 7.11 Å². The van der Waals surface area contributed by atoms with Gasteiger partial charge >= 0.3 is 6.03 Å². The number of urea groups is 1. The van der Waals surface area contributed by atoms with Gasteiger partial charge in [-0.25, -0.2) is 4.79 Å². The van der Waals surface area contributed by atoms with Gasteiger partial charge in [-0.3, -0.25) is 14.5 Å². The number of amides is 3. The van der Waals surface area contributed by atoms with Gasteiger partial charge in [0.2, 0.25) is 0 Å². The van der Waals surface area contributed by atoms with Crippen molar-refractivity contribution in [3.05, 3.63) is 64.1 Å². The number of hydrogen-bond acceptors (Lipinski definition) is 4. The molecule has 3 amide bonds. The maximum absolute atomic E-state index is 12.9. The van der Waals surface area contributed by atoms with E-state index in [4.69, 9.17) is 4.74 Å². The monoisotopic (exact) mass is 416 g/mol. The summed E-state index contributed by atoms with van der Waals surface area (Å²) in [5, 5.41) is 2.69. The number of nitrogens with zero attached hydrogens (tertiary/aromatic N) is 1. The number of benzene rings is 2.